The van der Waals surface area contributed by atoms with Crippen LogP contribution in [0.3, 0.4) is 0 Å². The minimum Gasteiger partial charge on any atom is -0.358 e. The number of rotatable bonds is 5. The fraction of sp³-hybridized carbons (Fsp3) is 0.524. The van der Waals surface area contributed by atoms with Crippen molar-refractivity contribution in [3.05, 3.63) is 35.7 Å². The summed E-state index contributed by atoms with van der Waals surface area (Å²) < 4.78 is 5.25. The highest BCUT2D eigenvalue weighted by Gasteiger charge is 2.27. The van der Waals surface area contributed by atoms with Gasteiger partial charge < -0.3 is 9.84 Å². The maximum atomic E-state index is 12.1. The van der Waals surface area contributed by atoms with E-state index in [9.17, 15) is 4.79 Å². The monoisotopic (exact) mass is 415 g/mol. The van der Waals surface area contributed by atoms with Gasteiger partial charge in [-0.05, 0) is 37.4 Å². The van der Waals surface area contributed by atoms with Crippen LogP contribution in [0.15, 0.2) is 28.8 Å². The molecule has 1 aliphatic carbocycles. The Morgan fingerprint density at radius 1 is 1.21 bits per heavy atom. The predicted octanol–water partition coefficient (Wildman–Crippen LogP) is 3.30. The summed E-state index contributed by atoms with van der Waals surface area (Å²) in [4.78, 5) is 16.4. The summed E-state index contributed by atoms with van der Waals surface area (Å²) in [5.74, 6) is 2.01. The Balaban J connectivity index is 1.40. The van der Waals surface area contributed by atoms with Crippen molar-refractivity contribution in [3.63, 3.8) is 0 Å². The number of nitrogens with zero attached hydrogens (tertiary/aromatic N) is 2. The molecule has 1 heterocycles. The molecular formula is C21H29N5O2S. The van der Waals surface area contributed by atoms with Crippen LogP contribution in [0.25, 0.3) is 11.4 Å². The van der Waals surface area contributed by atoms with Gasteiger partial charge in [0.2, 0.25) is 17.6 Å². The van der Waals surface area contributed by atoms with Crippen molar-refractivity contribution in [3.8, 4) is 11.4 Å². The minimum atomic E-state index is -0.186. The fourth-order valence-corrected chi connectivity index (χ4v) is 3.78. The van der Waals surface area contributed by atoms with E-state index in [4.69, 9.17) is 16.7 Å². The predicted molar refractivity (Wildman–Crippen MR) is 116 cm³/mol. The van der Waals surface area contributed by atoms with Crippen molar-refractivity contribution < 1.29 is 9.32 Å². The van der Waals surface area contributed by atoms with Gasteiger partial charge in [-0.25, -0.2) is 0 Å². The van der Waals surface area contributed by atoms with Gasteiger partial charge in [-0.15, -0.1) is 0 Å². The van der Waals surface area contributed by atoms with Crippen molar-refractivity contribution in [1.82, 2.24) is 26.3 Å². The zero-order chi connectivity index (χ0) is 20.8. The lowest BCUT2D eigenvalue weighted by atomic mass is 9.78. The van der Waals surface area contributed by atoms with Crippen LogP contribution < -0.4 is 16.2 Å². The molecular weight excluding hydrogens is 386 g/mol. The van der Waals surface area contributed by atoms with E-state index >= 15 is 0 Å². The van der Waals surface area contributed by atoms with Gasteiger partial charge in [0, 0.05) is 24.4 Å². The minimum absolute atomic E-state index is 0.186. The van der Waals surface area contributed by atoms with Gasteiger partial charge in [0.1, 0.15) is 0 Å². The summed E-state index contributed by atoms with van der Waals surface area (Å²) in [6.45, 7) is 6.55. The number of hydrogen-bond acceptors (Lipinski definition) is 5. The Hall–Kier alpha value is -2.48. The van der Waals surface area contributed by atoms with E-state index < -0.39 is 0 Å². The molecule has 1 amide bonds. The van der Waals surface area contributed by atoms with Crippen molar-refractivity contribution in [2.75, 3.05) is 0 Å². The maximum Gasteiger partial charge on any atom is 0.238 e. The number of hydrazine groups is 1. The molecule has 3 N–H and O–H groups in total. The molecule has 0 aliphatic heterocycles. The second kappa shape index (κ2) is 9.82. The number of amides is 1. The summed E-state index contributed by atoms with van der Waals surface area (Å²) in [5.41, 5.74) is 7.48. The van der Waals surface area contributed by atoms with Gasteiger partial charge in [0.15, 0.2) is 5.11 Å². The highest BCUT2D eigenvalue weighted by molar-refractivity contribution is 7.80. The molecule has 7 nitrogen and oxygen atoms in total. The van der Waals surface area contributed by atoms with E-state index in [0.29, 0.717) is 41.1 Å². The lowest BCUT2D eigenvalue weighted by Crippen LogP contribution is -2.52. The van der Waals surface area contributed by atoms with E-state index in [0.717, 1.165) is 12.0 Å². The third kappa shape index (κ3) is 6.00. The second-order valence-electron chi connectivity index (χ2n) is 7.90. The summed E-state index contributed by atoms with van der Waals surface area (Å²) in [6, 6.07) is 8.23. The van der Waals surface area contributed by atoms with Gasteiger partial charge in [-0.2, -0.15) is 4.98 Å². The molecule has 29 heavy (non-hydrogen) atoms. The van der Waals surface area contributed by atoms with Gasteiger partial charge in [-0.3, -0.25) is 15.6 Å². The number of nitrogens with one attached hydrogen (secondary N) is 3. The Kier molecular flexibility index (Phi) is 7.19. The lowest BCUT2D eigenvalue weighted by molar-refractivity contribution is -0.121. The van der Waals surface area contributed by atoms with Crippen LogP contribution in [0, 0.1) is 18.8 Å². The molecule has 1 aromatic carbocycles. The van der Waals surface area contributed by atoms with Crippen LogP contribution in [0.2, 0.25) is 0 Å². The summed E-state index contributed by atoms with van der Waals surface area (Å²) in [7, 11) is 0. The van der Waals surface area contributed by atoms with Crippen molar-refractivity contribution in [2.24, 2.45) is 11.8 Å². The Morgan fingerprint density at radius 2 is 1.97 bits per heavy atom. The maximum absolute atomic E-state index is 12.1. The summed E-state index contributed by atoms with van der Waals surface area (Å²) in [6.07, 6.45) is 4.15. The number of hydrogen-bond donors (Lipinski definition) is 3. The quantitative estimate of drug-likeness (QED) is 0.510. The molecule has 0 unspecified atom stereocenters. The largest absolute Gasteiger partial charge is 0.358 e. The van der Waals surface area contributed by atoms with Crippen molar-refractivity contribution in [1.29, 1.82) is 0 Å². The highest BCUT2D eigenvalue weighted by Crippen LogP contribution is 2.29. The van der Waals surface area contributed by atoms with E-state index in [1.165, 1.54) is 18.4 Å². The molecule has 1 aliphatic rings. The molecule has 0 saturated heterocycles. The van der Waals surface area contributed by atoms with Crippen molar-refractivity contribution >= 4 is 23.2 Å². The first-order valence-electron chi connectivity index (χ1n) is 10.2. The van der Waals surface area contributed by atoms with E-state index in [1.54, 1.807) is 0 Å². The molecule has 156 valence electrons. The number of benzene rings is 1. The first-order chi connectivity index (χ1) is 13.9. The van der Waals surface area contributed by atoms with Gasteiger partial charge in [0.25, 0.3) is 0 Å². The third-order valence-corrected chi connectivity index (χ3v) is 5.90. The number of carbonyl (C=O) groups is 1. The zero-order valence-corrected chi connectivity index (χ0v) is 18.0. The van der Waals surface area contributed by atoms with Crippen LogP contribution >= 0.6 is 12.2 Å². The van der Waals surface area contributed by atoms with Gasteiger partial charge >= 0.3 is 0 Å². The average Bonchev–Trinajstić information content (AvgIpc) is 3.18. The Labute approximate surface area is 177 Å². The molecule has 1 aromatic heterocycles. The Bertz CT molecular complexity index is 836. The average molecular weight is 416 g/mol. The lowest BCUT2D eigenvalue weighted by Gasteiger charge is -2.35. The van der Waals surface area contributed by atoms with Crippen LogP contribution in [0.5, 0.6) is 0 Å². The van der Waals surface area contributed by atoms with Crippen molar-refractivity contribution in [2.45, 2.75) is 58.9 Å². The second-order valence-corrected chi connectivity index (χ2v) is 8.31. The Morgan fingerprint density at radius 3 is 2.72 bits per heavy atom. The molecule has 3 rings (SSSR count). The van der Waals surface area contributed by atoms with Crippen LogP contribution in [0.4, 0.5) is 0 Å². The molecule has 1 saturated carbocycles. The summed E-state index contributed by atoms with van der Waals surface area (Å²) in [5, 5.41) is 7.75. The third-order valence-electron chi connectivity index (χ3n) is 5.68. The van der Waals surface area contributed by atoms with Gasteiger partial charge in [0.05, 0.1) is 0 Å². The number of thiocarbonyl (C=S) groups is 1. The fourth-order valence-electron chi connectivity index (χ4n) is 3.58. The standard InChI is InChI=1S/C21H29N5O2S/c1-13-7-9-16(10-8-13)20-23-19(28-26-20)12-11-18(27)24-25-21(29)22-17-6-4-5-14(2)15(17)3/h7-10,14-15,17H,4-6,11-12H2,1-3H3,(H,24,27)(H2,22,25,29)/t14-,15-,17-/m0/s1. The highest BCUT2D eigenvalue weighted by atomic mass is 32.1. The first-order valence-corrected chi connectivity index (χ1v) is 10.6. The normalized spacial score (nSPS) is 21.4. The summed E-state index contributed by atoms with van der Waals surface area (Å²) >= 11 is 5.31. The van der Waals surface area contributed by atoms with E-state index in [2.05, 4.69) is 40.2 Å². The molecule has 0 radical (unpaired) electrons. The van der Waals surface area contributed by atoms with Gasteiger partial charge in [-0.1, -0.05) is 61.7 Å². The zero-order valence-electron chi connectivity index (χ0n) is 17.2. The van der Waals surface area contributed by atoms with E-state index in [1.807, 2.05) is 31.2 Å². The smallest absolute Gasteiger partial charge is 0.238 e. The molecule has 1 fully saturated rings. The number of aryl methyl sites for hydroxylation is 2. The first kappa shape index (κ1) is 21.2. The molecule has 3 atom stereocenters. The topological polar surface area (TPSA) is 92.1 Å². The molecule has 8 heteroatoms. The number of carbonyl (C=O) groups excluding carboxylic acids is 1. The SMILES string of the molecule is Cc1ccc(-c2noc(CCC(=O)NNC(=S)N[C@H]3CCC[C@H](C)[C@@H]3C)n2)cc1. The number of aromatic nitrogens is 2. The van der Waals surface area contributed by atoms with E-state index in [-0.39, 0.29) is 12.3 Å². The molecule has 0 bridgehead atoms. The molecule has 0 spiro atoms. The van der Waals surface area contributed by atoms with Crippen LogP contribution in [-0.2, 0) is 11.2 Å². The van der Waals surface area contributed by atoms with Crippen LogP contribution in [-0.4, -0.2) is 27.2 Å². The van der Waals surface area contributed by atoms with Crippen LogP contribution in [0.1, 0.15) is 51.0 Å². The molecule has 2 aromatic rings.